The molecule has 550 valence electrons. The summed E-state index contributed by atoms with van der Waals surface area (Å²) in [7, 11) is 1.92. The number of carbonyl (C=O) groups is 4. The van der Waals surface area contributed by atoms with Crippen LogP contribution in [0.5, 0.6) is 11.5 Å². The number of amides is 1. The quantitative estimate of drug-likeness (QED) is 0.0119. The molecule has 3 saturated heterocycles. The summed E-state index contributed by atoms with van der Waals surface area (Å²) in [4.78, 5) is 59.5. The molecule has 3 aliphatic heterocycles. The van der Waals surface area contributed by atoms with E-state index < -0.39 is 56.8 Å². The molecule has 0 spiro atoms. The fraction of sp³-hybridized carbons (Fsp3) is 0.578. The van der Waals surface area contributed by atoms with Gasteiger partial charge in [-0.1, -0.05) is 192 Å². The Morgan fingerprint density at radius 1 is 0.554 bits per heavy atom. The SMILES string of the molecule is [C-]#[N+]CCOP(O[C@@H]1C[C@@H](COC(c2ccccc2)(c2ccc(OC)cc2)c2ccc(OC)cc2)N(C(=O)CCCCCCC(=O)CCCCCCCCOC2OC(COC(=O)c3ccccc3)C(OC3OC(COC(=O)c4ccccc4)C(C)C(C)C3C)C(C)C2C)C1)C(C(C)C)C(C)C. The van der Waals surface area contributed by atoms with Gasteiger partial charge in [-0.25, -0.2) is 16.2 Å². The van der Waals surface area contributed by atoms with Crippen LogP contribution in [0, 0.1) is 48.0 Å². The van der Waals surface area contributed by atoms with Gasteiger partial charge >= 0.3 is 11.9 Å². The van der Waals surface area contributed by atoms with E-state index in [1.165, 1.54) is 0 Å². The van der Waals surface area contributed by atoms with Gasteiger partial charge in [0.05, 0.1) is 56.3 Å². The number of methoxy groups -OCH3 is 2. The maximum Gasteiger partial charge on any atom is 0.338 e. The Morgan fingerprint density at radius 2 is 1.04 bits per heavy atom. The summed E-state index contributed by atoms with van der Waals surface area (Å²) in [6.45, 7) is 28.6. The number of likely N-dealkylation sites (tertiary alicyclic amines) is 1. The lowest BCUT2D eigenvalue weighted by Gasteiger charge is -2.48. The van der Waals surface area contributed by atoms with Gasteiger partial charge in [0, 0.05) is 49.9 Å². The van der Waals surface area contributed by atoms with Crippen molar-refractivity contribution in [3.05, 3.63) is 179 Å². The monoisotopic (exact) mass is 1410 g/mol. The summed E-state index contributed by atoms with van der Waals surface area (Å²) in [6.07, 6.45) is 8.00. The number of ether oxygens (including phenoxy) is 9. The highest BCUT2D eigenvalue weighted by atomic mass is 31.2. The van der Waals surface area contributed by atoms with Gasteiger partial charge in [0.2, 0.25) is 12.5 Å². The molecule has 3 heterocycles. The second kappa shape index (κ2) is 41.1. The predicted molar refractivity (Wildman–Crippen MR) is 394 cm³/mol. The van der Waals surface area contributed by atoms with Crippen LogP contribution in [-0.2, 0) is 57.4 Å². The summed E-state index contributed by atoms with van der Waals surface area (Å²) in [5.74, 6) is 1.68. The maximum atomic E-state index is 14.7. The third-order valence-corrected chi connectivity index (χ3v) is 23.5. The van der Waals surface area contributed by atoms with Crippen LogP contribution in [0.15, 0.2) is 140 Å². The minimum atomic E-state index is -1.39. The Bertz CT molecular complexity index is 3240. The molecule has 3 fully saturated rings. The van der Waals surface area contributed by atoms with Gasteiger partial charge in [-0.3, -0.25) is 9.59 Å². The molecule has 0 N–H and O–H groups in total. The van der Waals surface area contributed by atoms with Crippen LogP contribution in [0.25, 0.3) is 4.85 Å². The standard InChI is InChI=1S/C83H113N2O15P/c1-57(2)78(58(3)4)101(96-51-49-84-10)100-73-52-69(54-95-83(66-36-26-21-27-37-66,67-41-45-71(90-11)46-42-67)68-43-47-72(91-12)48-44-68)85(53-73)76(87)40-30-17-16-29-39-70(86)38-28-15-13-14-18-31-50-92-81-63(9)61(7)77(75(98-81)56-94-80(89)65-34-24-20-25-35-65)99-82-62(8)59(5)60(6)74(97-82)55-93-79(88)64-32-22-19-23-33-64/h19-27,32-37,41-48,57-63,69,73-75,77-78,81-82H,13-18,28-31,38-40,49-56H2,1-9,11-12H3/t59?,60?,61?,62?,63?,69-,73+,74?,75?,77?,81?,82?,101?/m0/s1. The fourth-order valence-electron chi connectivity index (χ4n) is 14.4. The second-order valence-corrected chi connectivity index (χ2v) is 30.2. The molecule has 17 nitrogen and oxygen atoms in total. The van der Waals surface area contributed by atoms with Crippen LogP contribution < -0.4 is 9.47 Å². The number of hydrogen-bond donors (Lipinski definition) is 0. The van der Waals surface area contributed by atoms with E-state index in [1.54, 1.807) is 50.6 Å². The van der Waals surface area contributed by atoms with Crippen molar-refractivity contribution in [1.82, 2.24) is 4.90 Å². The zero-order chi connectivity index (χ0) is 72.3. The van der Waals surface area contributed by atoms with E-state index in [9.17, 15) is 19.2 Å². The summed E-state index contributed by atoms with van der Waals surface area (Å²) < 4.78 is 70.5. The largest absolute Gasteiger partial charge is 0.497 e. The van der Waals surface area contributed by atoms with Crippen LogP contribution in [0.3, 0.4) is 0 Å². The first-order valence-electron chi connectivity index (χ1n) is 37.1. The first kappa shape index (κ1) is 80.1. The van der Waals surface area contributed by atoms with Gasteiger partial charge in [0.25, 0.3) is 0 Å². The number of hydrogen-bond acceptors (Lipinski definition) is 15. The van der Waals surface area contributed by atoms with E-state index in [4.69, 9.17) is 58.3 Å². The Balaban J connectivity index is 0.785. The van der Waals surface area contributed by atoms with Gasteiger partial charge in [-0.05, 0) is 127 Å². The van der Waals surface area contributed by atoms with Crippen molar-refractivity contribution in [2.24, 2.45) is 41.4 Å². The molecule has 101 heavy (non-hydrogen) atoms. The highest BCUT2D eigenvalue weighted by molar-refractivity contribution is 7.48. The van der Waals surface area contributed by atoms with E-state index in [2.05, 4.69) is 79.3 Å². The smallest absolute Gasteiger partial charge is 0.338 e. The van der Waals surface area contributed by atoms with Crippen LogP contribution in [0.4, 0.5) is 0 Å². The lowest BCUT2D eigenvalue weighted by molar-refractivity contribution is -0.327. The van der Waals surface area contributed by atoms with Crippen LogP contribution >= 0.6 is 8.38 Å². The number of unbranched alkanes of at least 4 members (excludes halogenated alkanes) is 8. The number of benzene rings is 5. The van der Waals surface area contributed by atoms with Crippen molar-refractivity contribution in [1.29, 1.82) is 0 Å². The molecule has 11 unspecified atom stereocenters. The topological polar surface area (TPSA) is 177 Å². The van der Waals surface area contributed by atoms with E-state index in [-0.39, 0.29) is 91.5 Å². The predicted octanol–water partition coefficient (Wildman–Crippen LogP) is 17.3. The fourth-order valence-corrected chi connectivity index (χ4v) is 16.5. The first-order chi connectivity index (χ1) is 48.9. The summed E-state index contributed by atoms with van der Waals surface area (Å²) in [5, 5.41) is 0. The first-order valence-corrected chi connectivity index (χ1v) is 38.4. The second-order valence-electron chi connectivity index (χ2n) is 28.6. The number of nitrogens with zero attached hydrogens (tertiary/aromatic N) is 2. The average molecular weight is 1410 g/mol. The Labute approximate surface area is 603 Å². The lowest BCUT2D eigenvalue weighted by Crippen LogP contribution is -2.56. The van der Waals surface area contributed by atoms with E-state index in [0.717, 1.165) is 86.0 Å². The third kappa shape index (κ3) is 22.7. The average Bonchev–Trinajstić information content (AvgIpc) is 1.31. The van der Waals surface area contributed by atoms with Crippen molar-refractivity contribution in [3.8, 4) is 11.5 Å². The van der Waals surface area contributed by atoms with Gasteiger partial charge in [0.15, 0.2) is 21.0 Å². The molecule has 0 aromatic heterocycles. The third-order valence-electron chi connectivity index (χ3n) is 20.9. The minimum Gasteiger partial charge on any atom is -0.497 e. The molecule has 0 saturated carbocycles. The molecule has 3 aliphatic rings. The zero-order valence-electron chi connectivity index (χ0n) is 61.8. The van der Waals surface area contributed by atoms with E-state index in [1.807, 2.05) is 95.9 Å². The van der Waals surface area contributed by atoms with Crippen LogP contribution in [0.1, 0.15) is 190 Å². The normalized spacial score (nSPS) is 23.4. The number of ketones is 1. The molecule has 1 amide bonds. The molecular formula is C83H113N2O15P. The zero-order valence-corrected chi connectivity index (χ0v) is 62.6. The molecule has 18 heteroatoms. The van der Waals surface area contributed by atoms with Gasteiger partial charge < -0.3 is 61.4 Å². The van der Waals surface area contributed by atoms with Crippen molar-refractivity contribution in [2.75, 3.05) is 60.3 Å². The Morgan fingerprint density at radius 3 is 1.57 bits per heavy atom. The molecule has 13 atom stereocenters. The van der Waals surface area contributed by atoms with Crippen LogP contribution in [0.2, 0.25) is 0 Å². The number of esters is 2. The summed E-state index contributed by atoms with van der Waals surface area (Å²) >= 11 is 0. The minimum absolute atomic E-state index is 0.0111. The molecule has 5 aromatic carbocycles. The van der Waals surface area contributed by atoms with Crippen molar-refractivity contribution in [2.45, 2.75) is 207 Å². The molecule has 0 aliphatic carbocycles. The molecular weight excluding hydrogens is 1300 g/mol. The van der Waals surface area contributed by atoms with E-state index in [0.29, 0.717) is 68.8 Å². The Kier molecular flexibility index (Phi) is 32.6. The molecule has 5 aromatic rings. The number of carbonyl (C=O) groups excluding carboxylic acids is 4. The summed E-state index contributed by atoms with van der Waals surface area (Å²) in [5.41, 5.74) is 2.72. The summed E-state index contributed by atoms with van der Waals surface area (Å²) in [6, 6.07) is 43.7. The number of Topliss-reactive ketones (excluding diaryl/α,β-unsaturated/α-hetero) is 1. The van der Waals surface area contributed by atoms with Crippen LogP contribution in [-0.4, -0.2) is 138 Å². The lowest BCUT2D eigenvalue weighted by atomic mass is 9.78. The van der Waals surface area contributed by atoms with Crippen molar-refractivity contribution in [3.63, 3.8) is 0 Å². The van der Waals surface area contributed by atoms with Gasteiger partial charge in [0.1, 0.15) is 48.8 Å². The van der Waals surface area contributed by atoms with Gasteiger partial charge in [-0.2, -0.15) is 0 Å². The highest BCUT2D eigenvalue weighted by Gasteiger charge is 2.49. The maximum absolute atomic E-state index is 14.7. The molecule has 0 bridgehead atoms. The number of rotatable bonds is 41. The van der Waals surface area contributed by atoms with Gasteiger partial charge in [-0.15, -0.1) is 0 Å². The van der Waals surface area contributed by atoms with Crippen molar-refractivity contribution >= 4 is 32.0 Å². The van der Waals surface area contributed by atoms with Crippen molar-refractivity contribution < 1.29 is 70.9 Å². The molecule has 8 rings (SSSR count). The molecule has 0 radical (unpaired) electrons. The highest BCUT2D eigenvalue weighted by Crippen LogP contribution is 2.53. The Hall–Kier alpha value is -6.58. The van der Waals surface area contributed by atoms with E-state index >= 15 is 0 Å².